The number of hydrogen-bond donors (Lipinski definition) is 0. The number of benzene rings is 1. The van der Waals surface area contributed by atoms with E-state index in [9.17, 15) is 17.6 Å². The Labute approximate surface area is 149 Å². The van der Waals surface area contributed by atoms with Crippen LogP contribution in [0.5, 0.6) is 0 Å². The molecule has 0 spiro atoms. The molecule has 0 radical (unpaired) electrons. The SMILES string of the molecule is C=CCn1c(=NC(=O)C2CCCN2S(C)(=O)=O)sc2cc(F)ccc21. The van der Waals surface area contributed by atoms with Gasteiger partial charge in [-0.15, -0.1) is 6.58 Å². The first kappa shape index (κ1) is 18.0. The van der Waals surface area contributed by atoms with Gasteiger partial charge in [0.05, 0.1) is 16.5 Å². The van der Waals surface area contributed by atoms with Crippen molar-refractivity contribution in [2.24, 2.45) is 4.99 Å². The van der Waals surface area contributed by atoms with Crippen LogP contribution in [0.25, 0.3) is 10.2 Å². The Bertz CT molecular complexity index is 1010. The molecular formula is C16H18FN3O3S2. The van der Waals surface area contributed by atoms with Gasteiger partial charge in [-0.3, -0.25) is 4.79 Å². The van der Waals surface area contributed by atoms with E-state index >= 15 is 0 Å². The number of carbonyl (C=O) groups is 1. The first-order chi connectivity index (χ1) is 11.8. The molecule has 0 aliphatic carbocycles. The molecule has 1 amide bonds. The monoisotopic (exact) mass is 383 g/mol. The van der Waals surface area contributed by atoms with Gasteiger partial charge in [0.15, 0.2) is 4.80 Å². The number of sulfonamides is 1. The normalized spacial score (nSPS) is 19.6. The van der Waals surface area contributed by atoms with Crippen LogP contribution in [0.4, 0.5) is 4.39 Å². The standard InChI is InChI=1S/C16H18FN3O3S2/c1-3-8-19-12-7-6-11(17)10-14(12)24-16(19)18-15(21)13-5-4-9-20(13)25(2,22)23/h3,6-7,10,13H,1,4-5,8-9H2,2H3. The molecule has 134 valence electrons. The van der Waals surface area contributed by atoms with Gasteiger partial charge in [0.1, 0.15) is 11.9 Å². The molecule has 0 N–H and O–H groups in total. The minimum atomic E-state index is -3.46. The van der Waals surface area contributed by atoms with Crippen LogP contribution in [-0.4, -0.2) is 42.0 Å². The van der Waals surface area contributed by atoms with E-state index in [1.165, 1.54) is 27.8 Å². The minimum Gasteiger partial charge on any atom is -0.313 e. The maximum atomic E-state index is 13.5. The maximum absolute atomic E-state index is 13.5. The van der Waals surface area contributed by atoms with Gasteiger partial charge in [-0.05, 0) is 31.0 Å². The molecule has 2 heterocycles. The lowest BCUT2D eigenvalue weighted by Gasteiger charge is -2.18. The minimum absolute atomic E-state index is 0.328. The Morgan fingerprint density at radius 3 is 2.96 bits per heavy atom. The van der Waals surface area contributed by atoms with Crippen LogP contribution in [-0.2, 0) is 21.4 Å². The van der Waals surface area contributed by atoms with E-state index < -0.39 is 22.0 Å². The molecule has 1 atom stereocenters. The molecule has 1 aromatic heterocycles. The van der Waals surface area contributed by atoms with Gasteiger partial charge in [0.25, 0.3) is 5.91 Å². The predicted octanol–water partition coefficient (Wildman–Crippen LogP) is 1.88. The topological polar surface area (TPSA) is 71.7 Å². The Morgan fingerprint density at radius 1 is 1.52 bits per heavy atom. The molecule has 1 unspecified atom stereocenters. The van der Waals surface area contributed by atoms with Crippen LogP contribution in [0.2, 0.25) is 0 Å². The molecule has 1 aliphatic heterocycles. The Morgan fingerprint density at radius 2 is 2.28 bits per heavy atom. The number of thiazole rings is 1. The summed E-state index contributed by atoms with van der Waals surface area (Å²) in [5.74, 6) is -0.857. The number of allylic oxidation sites excluding steroid dienone is 1. The van der Waals surface area contributed by atoms with Gasteiger partial charge in [-0.2, -0.15) is 9.30 Å². The number of fused-ring (bicyclic) bond motifs is 1. The average Bonchev–Trinajstić information content (AvgIpc) is 3.13. The van der Waals surface area contributed by atoms with Crippen LogP contribution < -0.4 is 4.80 Å². The molecular weight excluding hydrogens is 365 g/mol. The van der Waals surface area contributed by atoms with Crippen LogP contribution in [0, 0.1) is 5.82 Å². The van der Waals surface area contributed by atoms with Crippen LogP contribution >= 0.6 is 11.3 Å². The highest BCUT2D eigenvalue weighted by Gasteiger charge is 2.36. The Kier molecular flexibility index (Phi) is 4.90. The van der Waals surface area contributed by atoms with Crippen molar-refractivity contribution in [3.63, 3.8) is 0 Å². The number of aromatic nitrogens is 1. The largest absolute Gasteiger partial charge is 0.313 e. The lowest BCUT2D eigenvalue weighted by atomic mass is 10.2. The van der Waals surface area contributed by atoms with Crippen LogP contribution in [0.3, 0.4) is 0 Å². The van der Waals surface area contributed by atoms with Gasteiger partial charge >= 0.3 is 0 Å². The quantitative estimate of drug-likeness (QED) is 0.757. The number of nitrogens with zero attached hydrogens (tertiary/aromatic N) is 3. The van der Waals surface area contributed by atoms with Crippen molar-refractivity contribution in [1.29, 1.82) is 0 Å². The molecule has 1 aliphatic rings. The van der Waals surface area contributed by atoms with E-state index in [0.717, 1.165) is 11.8 Å². The van der Waals surface area contributed by atoms with Crippen molar-refractivity contribution >= 4 is 37.5 Å². The smallest absolute Gasteiger partial charge is 0.266 e. The molecule has 9 heteroatoms. The average molecular weight is 383 g/mol. The first-order valence-electron chi connectivity index (χ1n) is 7.76. The highest BCUT2D eigenvalue weighted by molar-refractivity contribution is 7.88. The summed E-state index contributed by atoms with van der Waals surface area (Å²) in [6.07, 6.45) is 3.84. The summed E-state index contributed by atoms with van der Waals surface area (Å²) in [5.41, 5.74) is 0.754. The summed E-state index contributed by atoms with van der Waals surface area (Å²) >= 11 is 1.19. The van der Waals surface area contributed by atoms with Crippen molar-refractivity contribution in [2.45, 2.75) is 25.4 Å². The zero-order chi connectivity index (χ0) is 18.2. The fourth-order valence-electron chi connectivity index (χ4n) is 2.99. The second kappa shape index (κ2) is 6.81. The van der Waals surface area contributed by atoms with Gasteiger partial charge < -0.3 is 4.57 Å². The number of hydrogen-bond acceptors (Lipinski definition) is 4. The molecule has 0 saturated carbocycles. The third kappa shape index (κ3) is 3.58. The van der Waals surface area contributed by atoms with E-state index in [-0.39, 0.29) is 5.82 Å². The zero-order valence-corrected chi connectivity index (χ0v) is 15.3. The van der Waals surface area contributed by atoms with Crippen molar-refractivity contribution in [1.82, 2.24) is 8.87 Å². The number of halogens is 1. The van der Waals surface area contributed by atoms with E-state index in [0.29, 0.717) is 35.4 Å². The highest BCUT2D eigenvalue weighted by Crippen LogP contribution is 2.22. The number of carbonyl (C=O) groups excluding carboxylic acids is 1. The summed E-state index contributed by atoms with van der Waals surface area (Å²) in [4.78, 5) is 17.2. The summed E-state index contributed by atoms with van der Waals surface area (Å²) in [5, 5.41) is 0. The molecule has 3 rings (SSSR count). The van der Waals surface area contributed by atoms with Crippen LogP contribution in [0.1, 0.15) is 12.8 Å². The van der Waals surface area contributed by atoms with Gasteiger partial charge in [-0.25, -0.2) is 12.8 Å². The van der Waals surface area contributed by atoms with Gasteiger partial charge in [-0.1, -0.05) is 17.4 Å². The molecule has 2 aromatic rings. The molecule has 1 aromatic carbocycles. The Balaban J connectivity index is 2.07. The maximum Gasteiger partial charge on any atom is 0.266 e. The predicted molar refractivity (Wildman–Crippen MR) is 95.1 cm³/mol. The van der Waals surface area contributed by atoms with E-state index in [4.69, 9.17) is 0 Å². The summed E-state index contributed by atoms with van der Waals surface area (Å²) in [6, 6.07) is 3.60. The van der Waals surface area contributed by atoms with E-state index in [1.807, 2.05) is 0 Å². The number of amides is 1. The first-order valence-corrected chi connectivity index (χ1v) is 10.4. The molecule has 1 fully saturated rings. The third-order valence-electron chi connectivity index (χ3n) is 4.08. The molecule has 25 heavy (non-hydrogen) atoms. The molecule has 0 bridgehead atoms. The second-order valence-electron chi connectivity index (χ2n) is 5.88. The summed E-state index contributed by atoms with van der Waals surface area (Å²) in [7, 11) is -3.46. The number of rotatable bonds is 4. The fraction of sp³-hybridized carbons (Fsp3) is 0.375. The van der Waals surface area contributed by atoms with Gasteiger partial charge in [0, 0.05) is 13.1 Å². The van der Waals surface area contributed by atoms with Crippen molar-refractivity contribution in [3.8, 4) is 0 Å². The molecule has 1 saturated heterocycles. The van der Waals surface area contributed by atoms with E-state index in [2.05, 4.69) is 11.6 Å². The van der Waals surface area contributed by atoms with Crippen LogP contribution in [0.15, 0.2) is 35.8 Å². The zero-order valence-electron chi connectivity index (χ0n) is 13.7. The lowest BCUT2D eigenvalue weighted by molar-refractivity contribution is -0.121. The highest BCUT2D eigenvalue weighted by atomic mass is 32.2. The van der Waals surface area contributed by atoms with Gasteiger partial charge in [0.2, 0.25) is 10.0 Å². The second-order valence-corrected chi connectivity index (χ2v) is 8.82. The summed E-state index contributed by atoms with van der Waals surface area (Å²) < 4.78 is 40.7. The van der Waals surface area contributed by atoms with Crippen molar-refractivity contribution in [2.75, 3.05) is 12.8 Å². The lowest BCUT2D eigenvalue weighted by Crippen LogP contribution is -2.39. The van der Waals surface area contributed by atoms with Crippen molar-refractivity contribution in [3.05, 3.63) is 41.5 Å². The van der Waals surface area contributed by atoms with Crippen molar-refractivity contribution < 1.29 is 17.6 Å². The molecule has 6 nitrogen and oxygen atoms in total. The summed E-state index contributed by atoms with van der Waals surface area (Å²) in [6.45, 7) is 4.44. The third-order valence-corrected chi connectivity index (χ3v) is 6.41. The van der Waals surface area contributed by atoms with E-state index in [1.54, 1.807) is 16.7 Å². The Hall–Kier alpha value is -1.84. The fourth-order valence-corrected chi connectivity index (χ4v) is 5.18.